The summed E-state index contributed by atoms with van der Waals surface area (Å²) >= 11 is 5.65. The van der Waals surface area contributed by atoms with Crippen LogP contribution in [0.25, 0.3) is 0 Å². The van der Waals surface area contributed by atoms with E-state index in [1.165, 1.54) is 0 Å². The molecular formula is C23H31N3O4S2. The molecule has 1 atom stereocenters. The molecule has 1 aliphatic rings. The van der Waals surface area contributed by atoms with Crippen LogP contribution in [0, 0.1) is 6.92 Å². The molecule has 3 rings (SSSR count). The number of fused-ring (bicyclic) bond motifs is 1. The van der Waals surface area contributed by atoms with Crippen LogP contribution in [0.5, 0.6) is 11.5 Å². The summed E-state index contributed by atoms with van der Waals surface area (Å²) < 4.78 is 39.6. The molecule has 1 heterocycles. The molecule has 174 valence electrons. The summed E-state index contributed by atoms with van der Waals surface area (Å²) in [5.74, 6) is 1.26. The van der Waals surface area contributed by atoms with Crippen LogP contribution < -0.4 is 19.5 Å². The Hall–Kier alpha value is -2.36. The smallest absolute Gasteiger partial charge is 0.240 e. The first-order valence-corrected chi connectivity index (χ1v) is 12.6. The van der Waals surface area contributed by atoms with Gasteiger partial charge in [0.2, 0.25) is 10.0 Å². The van der Waals surface area contributed by atoms with E-state index in [1.807, 2.05) is 19.1 Å². The fraction of sp³-hybridized carbons (Fsp3) is 0.435. The lowest BCUT2D eigenvalue weighted by Crippen LogP contribution is -2.49. The molecule has 0 saturated carbocycles. The maximum atomic E-state index is 12.9. The molecule has 0 unspecified atom stereocenters. The Balaban J connectivity index is 1.94. The van der Waals surface area contributed by atoms with Crippen LogP contribution in [0.4, 0.5) is 0 Å². The van der Waals surface area contributed by atoms with Crippen molar-refractivity contribution >= 4 is 27.4 Å². The van der Waals surface area contributed by atoms with Crippen LogP contribution in [0.2, 0.25) is 0 Å². The molecule has 0 saturated heterocycles. The lowest BCUT2D eigenvalue weighted by molar-refractivity contribution is 0.290. The molecule has 7 nitrogen and oxygen atoms in total. The minimum Gasteiger partial charge on any atom is -0.493 e. The lowest BCUT2D eigenvalue weighted by atomic mass is 9.92. The number of benzene rings is 2. The van der Waals surface area contributed by atoms with Crippen LogP contribution >= 0.6 is 12.2 Å². The van der Waals surface area contributed by atoms with Crippen molar-refractivity contribution in [3.63, 3.8) is 0 Å². The molecule has 0 amide bonds. The van der Waals surface area contributed by atoms with Crippen molar-refractivity contribution < 1.29 is 17.9 Å². The summed E-state index contributed by atoms with van der Waals surface area (Å²) in [4.78, 5) is 2.29. The van der Waals surface area contributed by atoms with E-state index in [9.17, 15) is 8.42 Å². The zero-order valence-electron chi connectivity index (χ0n) is 19.0. The number of hydrogen-bond acceptors (Lipinski definition) is 5. The number of nitrogens with one attached hydrogen (secondary N) is 2. The van der Waals surface area contributed by atoms with E-state index in [0.717, 1.165) is 36.1 Å². The summed E-state index contributed by atoms with van der Waals surface area (Å²) in [6.07, 6.45) is 1.71. The van der Waals surface area contributed by atoms with E-state index >= 15 is 0 Å². The van der Waals surface area contributed by atoms with Crippen LogP contribution in [-0.2, 0) is 16.4 Å². The fourth-order valence-corrected chi connectivity index (χ4v) is 5.17. The number of aryl methyl sites for hydroxylation is 1. The van der Waals surface area contributed by atoms with E-state index in [4.69, 9.17) is 21.7 Å². The second kappa shape index (κ2) is 10.5. The summed E-state index contributed by atoms with van der Waals surface area (Å²) in [7, 11) is -0.472. The molecule has 2 aromatic rings. The second-order valence-corrected chi connectivity index (χ2v) is 9.92. The third kappa shape index (κ3) is 5.33. The molecule has 9 heteroatoms. The van der Waals surface area contributed by atoms with Gasteiger partial charge in [-0.1, -0.05) is 24.6 Å². The zero-order chi connectivity index (χ0) is 23.3. The van der Waals surface area contributed by atoms with E-state index in [-0.39, 0.29) is 17.5 Å². The minimum absolute atomic E-state index is 0.173. The van der Waals surface area contributed by atoms with E-state index < -0.39 is 10.0 Å². The Morgan fingerprint density at radius 1 is 1.16 bits per heavy atom. The van der Waals surface area contributed by atoms with Crippen LogP contribution in [0.15, 0.2) is 41.3 Å². The van der Waals surface area contributed by atoms with Crippen molar-refractivity contribution in [1.29, 1.82) is 0 Å². The molecule has 2 aromatic carbocycles. The van der Waals surface area contributed by atoms with Crippen LogP contribution in [-0.4, -0.2) is 52.3 Å². The van der Waals surface area contributed by atoms with Gasteiger partial charge in [0.15, 0.2) is 16.6 Å². The highest BCUT2D eigenvalue weighted by Crippen LogP contribution is 2.38. The number of sulfonamides is 1. The van der Waals surface area contributed by atoms with E-state index in [2.05, 4.69) is 21.9 Å². The normalized spacial score (nSPS) is 15.8. The predicted molar refractivity (Wildman–Crippen MR) is 130 cm³/mol. The molecule has 1 aliphatic heterocycles. The number of thiocarbonyl (C=S) groups is 1. The highest BCUT2D eigenvalue weighted by atomic mass is 32.2. The quantitative estimate of drug-likeness (QED) is 0.565. The molecule has 0 bridgehead atoms. The molecule has 32 heavy (non-hydrogen) atoms. The number of nitrogens with zero attached hydrogens (tertiary/aromatic N) is 1. The second-order valence-electron chi connectivity index (χ2n) is 7.76. The third-order valence-electron chi connectivity index (χ3n) is 5.59. The number of ether oxygens (including phenoxy) is 2. The Morgan fingerprint density at radius 2 is 1.81 bits per heavy atom. The topological polar surface area (TPSA) is 79.9 Å². The number of methoxy groups -OCH3 is 2. The SMILES string of the molecule is CCCNC(=S)N1CCc2cc(OC)c(OC)cc2[C@@H]1CNS(=O)(=O)c1ccc(C)cc1. The molecule has 0 aromatic heterocycles. The molecular weight excluding hydrogens is 446 g/mol. The van der Waals surface area contributed by atoms with Gasteiger partial charge in [0.05, 0.1) is 25.2 Å². The van der Waals surface area contributed by atoms with E-state index in [1.54, 1.807) is 38.5 Å². The van der Waals surface area contributed by atoms with Gasteiger partial charge in [-0.15, -0.1) is 0 Å². The van der Waals surface area contributed by atoms with Gasteiger partial charge in [0.25, 0.3) is 0 Å². The van der Waals surface area contributed by atoms with Crippen molar-refractivity contribution in [2.24, 2.45) is 0 Å². The predicted octanol–water partition coefficient (Wildman–Crippen LogP) is 3.17. The monoisotopic (exact) mass is 477 g/mol. The summed E-state index contributed by atoms with van der Waals surface area (Å²) in [6.45, 7) is 5.61. The molecule has 2 N–H and O–H groups in total. The minimum atomic E-state index is -3.67. The summed E-state index contributed by atoms with van der Waals surface area (Å²) in [6, 6.07) is 10.4. The van der Waals surface area contributed by atoms with Crippen LogP contribution in [0.3, 0.4) is 0 Å². The highest BCUT2D eigenvalue weighted by molar-refractivity contribution is 7.89. The van der Waals surface area contributed by atoms with Crippen molar-refractivity contribution in [2.75, 3.05) is 33.9 Å². The molecule has 0 radical (unpaired) electrons. The molecule has 0 aliphatic carbocycles. The standard InChI is InChI=1S/C23H31N3O4S2/c1-5-11-24-23(31)26-12-10-17-13-21(29-3)22(30-4)14-19(17)20(26)15-25-32(27,28)18-8-6-16(2)7-9-18/h6-9,13-14,20,25H,5,10-12,15H2,1-4H3,(H,24,31)/t20-/m0/s1. The highest BCUT2D eigenvalue weighted by Gasteiger charge is 2.32. The fourth-order valence-electron chi connectivity index (χ4n) is 3.81. The summed E-state index contributed by atoms with van der Waals surface area (Å²) in [5, 5.41) is 3.89. The molecule has 0 spiro atoms. The van der Waals surface area contributed by atoms with Gasteiger partial charge in [0, 0.05) is 19.6 Å². The molecule has 0 fully saturated rings. The van der Waals surface area contributed by atoms with Gasteiger partial charge in [-0.25, -0.2) is 13.1 Å². The largest absolute Gasteiger partial charge is 0.493 e. The van der Waals surface area contributed by atoms with Crippen molar-refractivity contribution in [3.05, 3.63) is 53.1 Å². The van der Waals surface area contributed by atoms with E-state index in [0.29, 0.717) is 23.2 Å². The van der Waals surface area contributed by atoms with Crippen molar-refractivity contribution in [1.82, 2.24) is 14.9 Å². The van der Waals surface area contributed by atoms with Crippen molar-refractivity contribution in [3.8, 4) is 11.5 Å². The van der Waals surface area contributed by atoms with Gasteiger partial charge >= 0.3 is 0 Å². The summed E-state index contributed by atoms with van der Waals surface area (Å²) in [5.41, 5.74) is 3.07. The first kappa shape index (κ1) is 24.3. The van der Waals surface area contributed by atoms with Gasteiger partial charge in [-0.3, -0.25) is 0 Å². The van der Waals surface area contributed by atoms with Gasteiger partial charge in [-0.05, 0) is 67.4 Å². The maximum absolute atomic E-state index is 12.9. The Morgan fingerprint density at radius 3 is 2.44 bits per heavy atom. The Labute approximate surface area is 196 Å². The Kier molecular flexibility index (Phi) is 7.97. The first-order valence-electron chi connectivity index (χ1n) is 10.7. The lowest BCUT2D eigenvalue weighted by Gasteiger charge is -2.39. The third-order valence-corrected chi connectivity index (χ3v) is 7.41. The van der Waals surface area contributed by atoms with Gasteiger partial charge in [0.1, 0.15) is 0 Å². The average molecular weight is 478 g/mol. The zero-order valence-corrected chi connectivity index (χ0v) is 20.6. The van der Waals surface area contributed by atoms with Gasteiger partial charge < -0.3 is 19.7 Å². The number of hydrogen-bond donors (Lipinski definition) is 2. The maximum Gasteiger partial charge on any atom is 0.240 e. The number of rotatable bonds is 8. The van der Waals surface area contributed by atoms with Crippen LogP contribution in [0.1, 0.15) is 36.1 Å². The van der Waals surface area contributed by atoms with Crippen molar-refractivity contribution in [2.45, 2.75) is 37.6 Å². The first-order chi connectivity index (χ1) is 15.3. The Bertz CT molecular complexity index is 1060. The van der Waals surface area contributed by atoms with Gasteiger partial charge in [-0.2, -0.15) is 0 Å². The average Bonchev–Trinajstić information content (AvgIpc) is 2.80.